The van der Waals surface area contributed by atoms with Crippen LogP contribution in [0.4, 0.5) is 11.4 Å². The molecule has 1 saturated heterocycles. The minimum absolute atomic E-state index is 0.330. The number of anilines is 2. The molecule has 1 aromatic carbocycles. The van der Waals surface area contributed by atoms with Gasteiger partial charge in [0.2, 0.25) is 0 Å². The lowest BCUT2D eigenvalue weighted by molar-refractivity contribution is 0.0527. The minimum atomic E-state index is -0.742. The van der Waals surface area contributed by atoms with Crippen LogP contribution in [0.15, 0.2) is 18.2 Å². The molecule has 104 valence electrons. The molecule has 19 heavy (non-hydrogen) atoms. The van der Waals surface area contributed by atoms with Crippen molar-refractivity contribution in [3.05, 3.63) is 23.8 Å². The fraction of sp³-hybridized carbons (Fsp3) is 0.462. The lowest BCUT2D eigenvalue weighted by atomic mass is 10.1. The molecule has 0 aliphatic carbocycles. The fourth-order valence-corrected chi connectivity index (χ4v) is 3.13. The van der Waals surface area contributed by atoms with E-state index in [1.807, 2.05) is 6.07 Å². The molecule has 1 aliphatic rings. The number of carbonyl (C=O) groups is 1. The van der Waals surface area contributed by atoms with Crippen molar-refractivity contribution < 1.29 is 13.7 Å². The molecule has 0 radical (unpaired) electrons. The number of hydrogen-bond donors (Lipinski definition) is 1. The van der Waals surface area contributed by atoms with E-state index in [1.165, 1.54) is 0 Å². The molecule has 6 heteroatoms. The van der Waals surface area contributed by atoms with Gasteiger partial charge in [0.05, 0.1) is 17.9 Å². The van der Waals surface area contributed by atoms with Crippen LogP contribution in [-0.2, 0) is 15.5 Å². The minimum Gasteiger partial charge on any atom is -0.462 e. The lowest BCUT2D eigenvalue weighted by Crippen LogP contribution is -2.38. The van der Waals surface area contributed by atoms with Gasteiger partial charge >= 0.3 is 5.97 Å². The number of nitrogen functional groups attached to an aromatic ring is 1. The van der Waals surface area contributed by atoms with Gasteiger partial charge in [-0.05, 0) is 25.1 Å². The highest BCUT2D eigenvalue weighted by molar-refractivity contribution is 7.85. The first-order valence-corrected chi connectivity index (χ1v) is 7.77. The van der Waals surface area contributed by atoms with Gasteiger partial charge in [-0.15, -0.1) is 0 Å². The number of ether oxygens (including phenoxy) is 1. The zero-order chi connectivity index (χ0) is 13.8. The molecule has 1 fully saturated rings. The highest BCUT2D eigenvalue weighted by Crippen LogP contribution is 2.25. The monoisotopic (exact) mass is 282 g/mol. The fourth-order valence-electron chi connectivity index (χ4n) is 2.08. The van der Waals surface area contributed by atoms with Gasteiger partial charge in [-0.1, -0.05) is 0 Å². The normalized spacial score (nSPS) is 16.4. The molecular formula is C13H18N2O3S. The average molecular weight is 282 g/mol. The molecule has 0 spiro atoms. The van der Waals surface area contributed by atoms with E-state index in [9.17, 15) is 9.00 Å². The number of benzene rings is 1. The molecule has 2 N–H and O–H groups in total. The summed E-state index contributed by atoms with van der Waals surface area (Å²) in [5.74, 6) is 0.899. The van der Waals surface area contributed by atoms with Crippen molar-refractivity contribution in [2.45, 2.75) is 6.92 Å². The maximum absolute atomic E-state index is 12.0. The zero-order valence-corrected chi connectivity index (χ0v) is 11.7. The van der Waals surface area contributed by atoms with Gasteiger partial charge in [-0.2, -0.15) is 0 Å². The van der Waals surface area contributed by atoms with E-state index in [2.05, 4.69) is 4.90 Å². The van der Waals surface area contributed by atoms with Crippen LogP contribution in [0.25, 0.3) is 0 Å². The number of nitrogens with zero attached hydrogens (tertiary/aromatic N) is 1. The highest BCUT2D eigenvalue weighted by atomic mass is 32.2. The Kier molecular flexibility index (Phi) is 4.42. The predicted molar refractivity (Wildman–Crippen MR) is 76.9 cm³/mol. The second-order valence-electron chi connectivity index (χ2n) is 4.33. The summed E-state index contributed by atoms with van der Waals surface area (Å²) in [5, 5.41) is 0. The van der Waals surface area contributed by atoms with Crippen LogP contribution in [0.1, 0.15) is 17.3 Å². The van der Waals surface area contributed by atoms with Gasteiger partial charge < -0.3 is 15.4 Å². The SMILES string of the molecule is CCOC(=O)c1cc(N)ccc1N1CCS(=O)CC1. The van der Waals surface area contributed by atoms with Gasteiger partial charge in [-0.25, -0.2) is 4.79 Å². The second kappa shape index (κ2) is 6.06. The summed E-state index contributed by atoms with van der Waals surface area (Å²) in [7, 11) is -0.742. The Bertz CT molecular complexity index is 495. The van der Waals surface area contributed by atoms with Crippen molar-refractivity contribution in [1.29, 1.82) is 0 Å². The summed E-state index contributed by atoms with van der Waals surface area (Å²) in [6, 6.07) is 5.23. The van der Waals surface area contributed by atoms with Crippen LogP contribution in [0.3, 0.4) is 0 Å². The summed E-state index contributed by atoms with van der Waals surface area (Å²) >= 11 is 0. The van der Waals surface area contributed by atoms with E-state index in [0.29, 0.717) is 42.5 Å². The second-order valence-corrected chi connectivity index (χ2v) is 6.03. The number of esters is 1. The topological polar surface area (TPSA) is 72.6 Å². The Morgan fingerprint density at radius 2 is 2.11 bits per heavy atom. The summed E-state index contributed by atoms with van der Waals surface area (Å²) in [6.45, 7) is 3.47. The Morgan fingerprint density at radius 3 is 2.74 bits per heavy atom. The van der Waals surface area contributed by atoms with Gasteiger partial charge in [0.25, 0.3) is 0 Å². The predicted octanol–water partition coefficient (Wildman–Crippen LogP) is 1.01. The summed E-state index contributed by atoms with van der Waals surface area (Å²) in [6.07, 6.45) is 0. The van der Waals surface area contributed by atoms with Crippen LogP contribution in [0.5, 0.6) is 0 Å². The molecule has 1 heterocycles. The van der Waals surface area contributed by atoms with Gasteiger partial charge in [-0.3, -0.25) is 4.21 Å². The molecule has 0 unspecified atom stereocenters. The summed E-state index contributed by atoms with van der Waals surface area (Å²) in [4.78, 5) is 14.0. The van der Waals surface area contributed by atoms with E-state index in [-0.39, 0.29) is 5.97 Å². The van der Waals surface area contributed by atoms with Crippen molar-refractivity contribution in [2.75, 3.05) is 41.8 Å². The molecule has 2 rings (SSSR count). The van der Waals surface area contributed by atoms with Crippen molar-refractivity contribution in [3.63, 3.8) is 0 Å². The maximum Gasteiger partial charge on any atom is 0.340 e. The van der Waals surface area contributed by atoms with Gasteiger partial charge in [0.1, 0.15) is 0 Å². The van der Waals surface area contributed by atoms with Crippen LogP contribution in [0, 0.1) is 0 Å². The van der Waals surface area contributed by atoms with E-state index < -0.39 is 10.8 Å². The standard InChI is InChI=1S/C13H18N2O3S/c1-2-18-13(16)11-9-10(14)3-4-12(11)15-5-7-19(17)8-6-15/h3-4,9H,2,5-8,14H2,1H3. The third-order valence-electron chi connectivity index (χ3n) is 3.03. The average Bonchev–Trinajstić information content (AvgIpc) is 2.40. The van der Waals surface area contributed by atoms with Crippen LogP contribution < -0.4 is 10.6 Å². The van der Waals surface area contributed by atoms with Crippen LogP contribution in [0.2, 0.25) is 0 Å². The Labute approximate surface area is 115 Å². The Balaban J connectivity index is 2.28. The molecule has 0 aromatic heterocycles. The third kappa shape index (κ3) is 3.26. The Hall–Kier alpha value is -1.56. The van der Waals surface area contributed by atoms with E-state index in [1.54, 1.807) is 19.1 Å². The summed E-state index contributed by atoms with van der Waals surface area (Å²) in [5.41, 5.74) is 7.56. The van der Waals surface area contributed by atoms with E-state index in [0.717, 1.165) is 5.69 Å². The van der Waals surface area contributed by atoms with Crippen LogP contribution >= 0.6 is 0 Å². The first kappa shape index (κ1) is 13.9. The molecule has 0 bridgehead atoms. The highest BCUT2D eigenvalue weighted by Gasteiger charge is 2.21. The molecule has 0 amide bonds. The smallest absolute Gasteiger partial charge is 0.340 e. The van der Waals surface area contributed by atoms with Crippen LogP contribution in [-0.4, -0.2) is 41.4 Å². The summed E-state index contributed by atoms with van der Waals surface area (Å²) < 4.78 is 16.4. The Morgan fingerprint density at radius 1 is 1.42 bits per heavy atom. The van der Waals surface area contributed by atoms with Crippen molar-refractivity contribution in [1.82, 2.24) is 0 Å². The molecule has 1 aliphatic heterocycles. The zero-order valence-electron chi connectivity index (χ0n) is 10.9. The molecular weight excluding hydrogens is 264 g/mol. The van der Waals surface area contributed by atoms with E-state index >= 15 is 0 Å². The first-order valence-electron chi connectivity index (χ1n) is 6.28. The number of rotatable bonds is 3. The quantitative estimate of drug-likeness (QED) is 0.662. The van der Waals surface area contributed by atoms with Gasteiger partial charge in [0.15, 0.2) is 0 Å². The third-order valence-corrected chi connectivity index (χ3v) is 4.31. The molecule has 5 nitrogen and oxygen atoms in total. The molecule has 1 aromatic rings. The largest absolute Gasteiger partial charge is 0.462 e. The number of carbonyl (C=O) groups excluding carboxylic acids is 1. The first-order chi connectivity index (χ1) is 9.11. The molecule has 0 atom stereocenters. The lowest BCUT2D eigenvalue weighted by Gasteiger charge is -2.29. The van der Waals surface area contributed by atoms with E-state index in [4.69, 9.17) is 10.5 Å². The van der Waals surface area contributed by atoms with Crippen molar-refractivity contribution in [3.8, 4) is 0 Å². The molecule has 0 saturated carbocycles. The van der Waals surface area contributed by atoms with Crippen molar-refractivity contribution >= 4 is 28.1 Å². The van der Waals surface area contributed by atoms with Crippen molar-refractivity contribution in [2.24, 2.45) is 0 Å². The maximum atomic E-state index is 12.0. The number of hydrogen-bond acceptors (Lipinski definition) is 5. The number of nitrogens with two attached hydrogens (primary N) is 1. The van der Waals surface area contributed by atoms with Gasteiger partial charge in [0, 0.05) is 41.1 Å².